The van der Waals surface area contributed by atoms with E-state index in [-0.39, 0.29) is 0 Å². The topological polar surface area (TPSA) is 35.2 Å². The second-order valence-corrected chi connectivity index (χ2v) is 3.63. The molecule has 0 amide bonds. The fraction of sp³-hybridized carbons (Fsp3) is 1.00. The van der Waals surface area contributed by atoms with Gasteiger partial charge >= 0.3 is 0 Å². The SMILES string of the molecule is CCOC(CN)C1CCCCC1. The zero-order chi connectivity index (χ0) is 8.81. The molecule has 0 bridgehead atoms. The lowest BCUT2D eigenvalue weighted by molar-refractivity contribution is 0.0136. The third kappa shape index (κ3) is 2.76. The van der Waals surface area contributed by atoms with Crippen LogP contribution < -0.4 is 5.73 Å². The van der Waals surface area contributed by atoms with Gasteiger partial charge in [0.05, 0.1) is 6.10 Å². The van der Waals surface area contributed by atoms with E-state index in [1.165, 1.54) is 32.1 Å². The van der Waals surface area contributed by atoms with Crippen molar-refractivity contribution < 1.29 is 4.74 Å². The van der Waals surface area contributed by atoms with Gasteiger partial charge in [-0.3, -0.25) is 0 Å². The molecule has 0 aliphatic heterocycles. The molecule has 1 fully saturated rings. The van der Waals surface area contributed by atoms with Crippen LogP contribution in [0, 0.1) is 5.92 Å². The van der Waals surface area contributed by atoms with Crippen molar-refractivity contribution in [2.24, 2.45) is 11.7 Å². The summed E-state index contributed by atoms with van der Waals surface area (Å²) < 4.78 is 5.61. The van der Waals surface area contributed by atoms with Gasteiger partial charge in [0, 0.05) is 13.2 Å². The lowest BCUT2D eigenvalue weighted by atomic mass is 9.85. The van der Waals surface area contributed by atoms with Crippen LogP contribution in [0.2, 0.25) is 0 Å². The van der Waals surface area contributed by atoms with Gasteiger partial charge in [-0.2, -0.15) is 0 Å². The molecule has 0 saturated heterocycles. The number of hydrogen-bond donors (Lipinski definition) is 1. The summed E-state index contributed by atoms with van der Waals surface area (Å²) in [7, 11) is 0. The molecule has 12 heavy (non-hydrogen) atoms. The third-order valence-electron chi connectivity index (χ3n) is 2.79. The molecule has 1 aliphatic rings. The van der Waals surface area contributed by atoms with E-state index < -0.39 is 0 Å². The van der Waals surface area contributed by atoms with Gasteiger partial charge in [0.1, 0.15) is 0 Å². The first kappa shape index (κ1) is 10.0. The van der Waals surface area contributed by atoms with Crippen LogP contribution in [0.25, 0.3) is 0 Å². The maximum absolute atomic E-state index is 5.66. The molecule has 1 aliphatic carbocycles. The van der Waals surface area contributed by atoms with E-state index in [4.69, 9.17) is 10.5 Å². The first-order valence-electron chi connectivity index (χ1n) is 5.20. The molecule has 0 radical (unpaired) electrons. The molecule has 2 nitrogen and oxygen atoms in total. The highest BCUT2D eigenvalue weighted by Gasteiger charge is 2.22. The molecule has 72 valence electrons. The smallest absolute Gasteiger partial charge is 0.0725 e. The highest BCUT2D eigenvalue weighted by Crippen LogP contribution is 2.27. The third-order valence-corrected chi connectivity index (χ3v) is 2.79. The van der Waals surface area contributed by atoms with Gasteiger partial charge < -0.3 is 10.5 Å². The fourth-order valence-electron chi connectivity index (χ4n) is 2.12. The molecule has 0 aromatic rings. The molecule has 1 rings (SSSR count). The number of hydrogen-bond acceptors (Lipinski definition) is 2. The normalized spacial score (nSPS) is 22.5. The quantitative estimate of drug-likeness (QED) is 0.701. The lowest BCUT2D eigenvalue weighted by Gasteiger charge is -2.28. The molecular formula is C10H21NO. The molecule has 2 heteroatoms. The Balaban J connectivity index is 2.29. The second-order valence-electron chi connectivity index (χ2n) is 3.63. The zero-order valence-electron chi connectivity index (χ0n) is 8.09. The minimum absolute atomic E-state index is 0.329. The van der Waals surface area contributed by atoms with Crippen molar-refractivity contribution in [3.8, 4) is 0 Å². The summed E-state index contributed by atoms with van der Waals surface area (Å²) in [5, 5.41) is 0. The molecule has 1 atom stereocenters. The Morgan fingerprint density at radius 2 is 2.00 bits per heavy atom. The summed E-state index contributed by atoms with van der Waals surface area (Å²) in [4.78, 5) is 0. The zero-order valence-corrected chi connectivity index (χ0v) is 8.09. The van der Waals surface area contributed by atoms with Gasteiger partial charge in [0.2, 0.25) is 0 Å². The molecule has 0 aromatic heterocycles. The fourth-order valence-corrected chi connectivity index (χ4v) is 2.12. The van der Waals surface area contributed by atoms with Crippen LogP contribution in [0.4, 0.5) is 0 Å². The summed E-state index contributed by atoms with van der Waals surface area (Å²) in [5.74, 6) is 0.740. The minimum Gasteiger partial charge on any atom is -0.377 e. The van der Waals surface area contributed by atoms with Crippen LogP contribution in [0.3, 0.4) is 0 Å². The largest absolute Gasteiger partial charge is 0.377 e. The Labute approximate surface area is 75.5 Å². The van der Waals surface area contributed by atoms with E-state index in [9.17, 15) is 0 Å². The average molecular weight is 171 g/mol. The van der Waals surface area contributed by atoms with Crippen LogP contribution >= 0.6 is 0 Å². The summed E-state index contributed by atoms with van der Waals surface area (Å²) >= 11 is 0. The van der Waals surface area contributed by atoms with Gasteiger partial charge in [-0.1, -0.05) is 19.3 Å². The Morgan fingerprint density at radius 1 is 1.33 bits per heavy atom. The second kappa shape index (κ2) is 5.55. The van der Waals surface area contributed by atoms with Crippen molar-refractivity contribution in [1.29, 1.82) is 0 Å². The Bertz CT molecular complexity index is 108. The summed E-state index contributed by atoms with van der Waals surface area (Å²) in [6.45, 7) is 3.54. The van der Waals surface area contributed by atoms with Crippen molar-refractivity contribution >= 4 is 0 Å². The lowest BCUT2D eigenvalue weighted by Crippen LogP contribution is -2.33. The molecule has 1 unspecified atom stereocenters. The Kier molecular flexibility index (Phi) is 4.62. The molecule has 0 heterocycles. The van der Waals surface area contributed by atoms with Gasteiger partial charge in [0.25, 0.3) is 0 Å². The Morgan fingerprint density at radius 3 is 2.50 bits per heavy atom. The van der Waals surface area contributed by atoms with Crippen molar-refractivity contribution in [2.75, 3.05) is 13.2 Å². The molecule has 0 aromatic carbocycles. The number of nitrogens with two attached hydrogens (primary N) is 1. The average Bonchev–Trinajstić information content (AvgIpc) is 2.15. The van der Waals surface area contributed by atoms with Gasteiger partial charge in [-0.05, 0) is 25.7 Å². The van der Waals surface area contributed by atoms with Gasteiger partial charge in [-0.15, -0.1) is 0 Å². The predicted octanol–water partition coefficient (Wildman–Crippen LogP) is 1.93. The van der Waals surface area contributed by atoms with E-state index in [0.29, 0.717) is 12.6 Å². The molecular weight excluding hydrogens is 150 g/mol. The van der Waals surface area contributed by atoms with Crippen molar-refractivity contribution in [3.63, 3.8) is 0 Å². The van der Waals surface area contributed by atoms with Crippen LogP contribution in [0.1, 0.15) is 39.0 Å². The highest BCUT2D eigenvalue weighted by molar-refractivity contribution is 4.74. The first-order valence-corrected chi connectivity index (χ1v) is 5.20. The summed E-state index contributed by atoms with van der Waals surface area (Å²) in [5.41, 5.74) is 5.66. The van der Waals surface area contributed by atoms with Crippen LogP contribution in [-0.2, 0) is 4.74 Å². The first-order chi connectivity index (χ1) is 5.88. The molecule has 2 N–H and O–H groups in total. The van der Waals surface area contributed by atoms with E-state index in [0.717, 1.165) is 12.5 Å². The van der Waals surface area contributed by atoms with Crippen molar-refractivity contribution in [2.45, 2.75) is 45.1 Å². The minimum atomic E-state index is 0.329. The highest BCUT2D eigenvalue weighted by atomic mass is 16.5. The van der Waals surface area contributed by atoms with E-state index in [2.05, 4.69) is 0 Å². The van der Waals surface area contributed by atoms with Crippen molar-refractivity contribution in [3.05, 3.63) is 0 Å². The maximum Gasteiger partial charge on any atom is 0.0725 e. The number of rotatable bonds is 4. The number of ether oxygens (including phenoxy) is 1. The van der Waals surface area contributed by atoms with Gasteiger partial charge in [-0.25, -0.2) is 0 Å². The van der Waals surface area contributed by atoms with E-state index >= 15 is 0 Å². The van der Waals surface area contributed by atoms with Crippen molar-refractivity contribution in [1.82, 2.24) is 0 Å². The van der Waals surface area contributed by atoms with E-state index in [1.54, 1.807) is 0 Å². The van der Waals surface area contributed by atoms with Crippen LogP contribution in [0.15, 0.2) is 0 Å². The Hall–Kier alpha value is -0.0800. The monoisotopic (exact) mass is 171 g/mol. The van der Waals surface area contributed by atoms with Crippen LogP contribution in [0.5, 0.6) is 0 Å². The van der Waals surface area contributed by atoms with Crippen LogP contribution in [-0.4, -0.2) is 19.3 Å². The summed E-state index contributed by atoms with van der Waals surface area (Å²) in [6, 6.07) is 0. The molecule has 1 saturated carbocycles. The molecule has 0 spiro atoms. The maximum atomic E-state index is 5.66. The van der Waals surface area contributed by atoms with Gasteiger partial charge in [0.15, 0.2) is 0 Å². The predicted molar refractivity (Wildman–Crippen MR) is 51.0 cm³/mol. The van der Waals surface area contributed by atoms with E-state index in [1.807, 2.05) is 6.92 Å². The summed E-state index contributed by atoms with van der Waals surface area (Å²) in [6.07, 6.45) is 7.11. The standard InChI is InChI=1S/C10H21NO/c1-2-12-10(8-11)9-6-4-3-5-7-9/h9-10H,2-8,11H2,1H3.